The second kappa shape index (κ2) is 8.15. The summed E-state index contributed by atoms with van der Waals surface area (Å²) in [6.07, 6.45) is 1.08. The van der Waals surface area contributed by atoms with Crippen molar-refractivity contribution < 1.29 is 18.8 Å². The van der Waals surface area contributed by atoms with E-state index in [4.69, 9.17) is 4.42 Å². The first-order valence-electron chi connectivity index (χ1n) is 10.8. The van der Waals surface area contributed by atoms with Gasteiger partial charge in [0.1, 0.15) is 16.7 Å². The topological polar surface area (TPSA) is 99.9 Å². The van der Waals surface area contributed by atoms with Crippen LogP contribution in [0.3, 0.4) is 0 Å². The zero-order valence-corrected chi connectivity index (χ0v) is 18.9. The summed E-state index contributed by atoms with van der Waals surface area (Å²) in [5.41, 5.74) is -0.305. The summed E-state index contributed by atoms with van der Waals surface area (Å²) in [5, 5.41) is 7.41. The number of nitrogens with zero attached hydrogens (tertiary/aromatic N) is 2. The SMILES string of the molecule is CC1(C2CCN(C(=O)c3cc4ccccc4oc3=O)CC2)NC(=O)N(Cc2ccsc2)C1=O. The van der Waals surface area contributed by atoms with Crippen LogP contribution in [0.5, 0.6) is 0 Å². The number of carbonyl (C=O) groups is 3. The average Bonchev–Trinajstić information content (AvgIpc) is 3.41. The third-order valence-electron chi connectivity index (χ3n) is 6.69. The summed E-state index contributed by atoms with van der Waals surface area (Å²) in [7, 11) is 0. The molecule has 1 N–H and O–H groups in total. The molecule has 0 aliphatic carbocycles. The molecule has 2 fully saturated rings. The summed E-state index contributed by atoms with van der Waals surface area (Å²) < 4.78 is 5.30. The maximum Gasteiger partial charge on any atom is 0.349 e. The molecule has 5 rings (SSSR count). The fourth-order valence-corrected chi connectivity index (χ4v) is 5.40. The molecule has 0 saturated carbocycles. The molecule has 2 saturated heterocycles. The lowest BCUT2D eigenvalue weighted by molar-refractivity contribution is -0.133. The van der Waals surface area contributed by atoms with Crippen LogP contribution in [0, 0.1) is 5.92 Å². The largest absolute Gasteiger partial charge is 0.422 e. The van der Waals surface area contributed by atoms with E-state index in [1.165, 1.54) is 16.2 Å². The van der Waals surface area contributed by atoms with E-state index in [2.05, 4.69) is 5.32 Å². The number of imide groups is 1. The van der Waals surface area contributed by atoms with E-state index in [1.807, 2.05) is 22.9 Å². The third-order valence-corrected chi connectivity index (χ3v) is 7.42. The van der Waals surface area contributed by atoms with Gasteiger partial charge in [-0.15, -0.1) is 0 Å². The van der Waals surface area contributed by atoms with Gasteiger partial charge >= 0.3 is 11.7 Å². The minimum atomic E-state index is -1.01. The van der Waals surface area contributed by atoms with Crippen LogP contribution in [0.1, 0.15) is 35.7 Å². The van der Waals surface area contributed by atoms with Crippen molar-refractivity contribution >= 4 is 40.2 Å². The predicted molar refractivity (Wildman–Crippen MR) is 123 cm³/mol. The van der Waals surface area contributed by atoms with Crippen LogP contribution in [0.15, 0.2) is 56.4 Å². The number of hydrogen-bond donors (Lipinski definition) is 1. The molecule has 4 amide bonds. The zero-order chi connectivity index (χ0) is 23.2. The van der Waals surface area contributed by atoms with Gasteiger partial charge in [0, 0.05) is 18.5 Å². The molecule has 1 unspecified atom stereocenters. The molecule has 33 heavy (non-hydrogen) atoms. The molecule has 1 atom stereocenters. The van der Waals surface area contributed by atoms with E-state index < -0.39 is 11.2 Å². The van der Waals surface area contributed by atoms with Crippen LogP contribution >= 0.6 is 11.3 Å². The van der Waals surface area contributed by atoms with Gasteiger partial charge in [0.15, 0.2) is 0 Å². The minimum Gasteiger partial charge on any atom is -0.422 e. The smallest absolute Gasteiger partial charge is 0.349 e. The molecular weight excluding hydrogens is 442 g/mol. The van der Waals surface area contributed by atoms with Gasteiger partial charge in [-0.25, -0.2) is 9.59 Å². The highest BCUT2D eigenvalue weighted by Crippen LogP contribution is 2.34. The number of thiophene rings is 1. The number of urea groups is 1. The van der Waals surface area contributed by atoms with E-state index in [1.54, 1.807) is 36.1 Å². The molecule has 2 aromatic heterocycles. The van der Waals surface area contributed by atoms with E-state index >= 15 is 0 Å². The van der Waals surface area contributed by atoms with Crippen LogP contribution in [0.4, 0.5) is 4.79 Å². The molecule has 4 heterocycles. The van der Waals surface area contributed by atoms with Crippen molar-refractivity contribution in [2.24, 2.45) is 5.92 Å². The first kappa shape index (κ1) is 21.4. The number of piperidine rings is 1. The number of carbonyl (C=O) groups excluding carboxylic acids is 3. The molecule has 0 spiro atoms. The van der Waals surface area contributed by atoms with Crippen molar-refractivity contribution in [2.75, 3.05) is 13.1 Å². The number of benzene rings is 1. The van der Waals surface area contributed by atoms with Crippen molar-refractivity contribution in [1.82, 2.24) is 15.1 Å². The Bertz CT molecular complexity index is 1290. The van der Waals surface area contributed by atoms with Gasteiger partial charge in [-0.1, -0.05) is 18.2 Å². The molecule has 1 aromatic carbocycles. The van der Waals surface area contributed by atoms with Crippen molar-refractivity contribution in [2.45, 2.75) is 31.8 Å². The molecular formula is C24H23N3O5S. The molecule has 2 aliphatic rings. The number of fused-ring (bicyclic) bond motifs is 1. The lowest BCUT2D eigenvalue weighted by atomic mass is 9.78. The van der Waals surface area contributed by atoms with Gasteiger partial charge in [-0.3, -0.25) is 14.5 Å². The highest BCUT2D eigenvalue weighted by molar-refractivity contribution is 7.07. The maximum atomic E-state index is 13.2. The molecule has 0 radical (unpaired) electrons. The summed E-state index contributed by atoms with van der Waals surface area (Å²) in [6, 6.07) is 10.1. The van der Waals surface area contributed by atoms with Crippen LogP contribution in [-0.4, -0.2) is 46.3 Å². The second-order valence-corrected chi connectivity index (χ2v) is 9.49. The van der Waals surface area contributed by atoms with Crippen molar-refractivity contribution in [3.8, 4) is 0 Å². The monoisotopic (exact) mass is 465 g/mol. The Kier molecular flexibility index (Phi) is 5.28. The number of hydrogen-bond acceptors (Lipinski definition) is 6. The second-order valence-electron chi connectivity index (χ2n) is 8.71. The Balaban J connectivity index is 1.28. The number of para-hydroxylation sites is 1. The summed E-state index contributed by atoms with van der Waals surface area (Å²) >= 11 is 1.52. The van der Waals surface area contributed by atoms with Gasteiger partial charge in [-0.2, -0.15) is 11.3 Å². The van der Waals surface area contributed by atoms with Gasteiger partial charge < -0.3 is 14.6 Å². The maximum absolute atomic E-state index is 13.2. The average molecular weight is 466 g/mol. The van der Waals surface area contributed by atoms with Crippen LogP contribution in [-0.2, 0) is 11.3 Å². The zero-order valence-electron chi connectivity index (χ0n) is 18.1. The van der Waals surface area contributed by atoms with Crippen molar-refractivity contribution in [1.29, 1.82) is 0 Å². The first-order chi connectivity index (χ1) is 15.9. The molecule has 0 bridgehead atoms. The van der Waals surface area contributed by atoms with Crippen molar-refractivity contribution in [3.63, 3.8) is 0 Å². The molecule has 8 nitrogen and oxygen atoms in total. The molecule has 9 heteroatoms. The Morgan fingerprint density at radius 2 is 1.94 bits per heavy atom. The number of likely N-dealkylation sites (tertiary alicyclic amines) is 1. The van der Waals surface area contributed by atoms with Gasteiger partial charge in [0.05, 0.1) is 6.54 Å². The Hall–Kier alpha value is -3.46. The van der Waals surface area contributed by atoms with Gasteiger partial charge in [0.2, 0.25) is 0 Å². The lowest BCUT2D eigenvalue weighted by Gasteiger charge is -2.38. The molecule has 170 valence electrons. The quantitative estimate of drug-likeness (QED) is 0.471. The third kappa shape index (κ3) is 3.72. The van der Waals surface area contributed by atoms with Crippen molar-refractivity contribution in [3.05, 3.63) is 68.7 Å². The predicted octanol–water partition coefficient (Wildman–Crippen LogP) is 3.22. The van der Waals surface area contributed by atoms with E-state index in [0.29, 0.717) is 36.9 Å². The summed E-state index contributed by atoms with van der Waals surface area (Å²) in [4.78, 5) is 54.0. The van der Waals surface area contributed by atoms with Gasteiger partial charge in [-0.05, 0) is 60.2 Å². The Morgan fingerprint density at radius 1 is 1.18 bits per heavy atom. The normalized spacial score (nSPS) is 21.6. The Labute approximate surface area is 193 Å². The number of nitrogens with one attached hydrogen (secondary N) is 1. The Morgan fingerprint density at radius 3 is 2.67 bits per heavy atom. The molecule has 2 aliphatic heterocycles. The first-order valence-corrected chi connectivity index (χ1v) is 11.8. The van der Waals surface area contributed by atoms with E-state index in [9.17, 15) is 19.2 Å². The van der Waals surface area contributed by atoms with Crippen LogP contribution < -0.4 is 10.9 Å². The minimum absolute atomic E-state index is 0.00513. The van der Waals surface area contributed by atoms with E-state index in [-0.39, 0.29) is 35.9 Å². The highest BCUT2D eigenvalue weighted by atomic mass is 32.1. The lowest BCUT2D eigenvalue weighted by Crippen LogP contribution is -2.54. The number of amides is 4. The fourth-order valence-electron chi connectivity index (χ4n) is 4.74. The summed E-state index contributed by atoms with van der Waals surface area (Å²) in [5.74, 6) is -0.726. The van der Waals surface area contributed by atoms with Crippen LogP contribution in [0.2, 0.25) is 0 Å². The standard InChI is InChI=1S/C24H23N3O5S/c1-24(22(30)27(23(31)25-24)13-15-8-11-33-14-15)17-6-9-26(10-7-17)20(28)18-12-16-4-2-3-5-19(16)32-21(18)29/h2-5,8,11-12,14,17H,6-7,9-10,13H2,1H3,(H,25,31). The van der Waals surface area contributed by atoms with Crippen LogP contribution in [0.25, 0.3) is 11.0 Å². The summed E-state index contributed by atoms with van der Waals surface area (Å²) in [6.45, 7) is 2.79. The number of rotatable bonds is 4. The van der Waals surface area contributed by atoms with Gasteiger partial charge in [0.25, 0.3) is 11.8 Å². The van der Waals surface area contributed by atoms with E-state index in [0.717, 1.165) is 5.56 Å². The highest BCUT2D eigenvalue weighted by Gasteiger charge is 2.52. The molecule has 3 aromatic rings. The fraction of sp³-hybridized carbons (Fsp3) is 0.333.